The lowest BCUT2D eigenvalue weighted by Crippen LogP contribution is -2.03. The maximum absolute atomic E-state index is 9.18. The summed E-state index contributed by atoms with van der Waals surface area (Å²) in [5, 5.41) is 0.0566. The van der Waals surface area contributed by atoms with Crippen molar-refractivity contribution in [3.63, 3.8) is 0 Å². The van der Waals surface area contributed by atoms with E-state index in [-0.39, 0.29) is 124 Å². The number of benzene rings is 8. The smallest absolute Gasteiger partial charge is 0.166 e. The van der Waals surface area contributed by atoms with Crippen LogP contribution in [0, 0.1) is 0 Å². The topological polar surface area (TPSA) is 43.6 Å². The summed E-state index contributed by atoms with van der Waals surface area (Å²) in [5.41, 5.74) is 1.95. The molecule has 0 aliphatic heterocycles. The molecule has 0 amide bonds. The molecule has 262 valence electrons. The number of rotatable bonds is 6. The van der Waals surface area contributed by atoms with Crippen molar-refractivity contribution in [3.8, 4) is 62.1 Å². The lowest BCUT2D eigenvalue weighted by molar-refractivity contribution is 1.06. The molecule has 4 nitrogen and oxygen atoms in total. The quantitative estimate of drug-likeness (QED) is 0.170. The van der Waals surface area contributed by atoms with E-state index in [1.807, 2.05) is 0 Å². The minimum absolute atomic E-state index is 0.000276. The van der Waals surface area contributed by atoms with E-state index >= 15 is 0 Å². The van der Waals surface area contributed by atoms with Gasteiger partial charge in [0.1, 0.15) is 0 Å². The summed E-state index contributed by atoms with van der Waals surface area (Å²) in [6.45, 7) is 0. The molecule has 11 aromatic rings. The number of hydrogen-bond acceptors (Lipinski definition) is 4. The zero-order valence-electron chi connectivity index (χ0n) is 47.7. The molecule has 0 saturated carbocycles. The molecule has 0 atom stereocenters. The Bertz CT molecular complexity index is 4340. The Balaban J connectivity index is 1.18. The fourth-order valence-electron chi connectivity index (χ4n) is 6.85. The van der Waals surface area contributed by atoms with Crippen LogP contribution < -0.4 is 0 Å². The van der Waals surface area contributed by atoms with E-state index in [1.165, 1.54) is 4.57 Å². The molecule has 11 rings (SSSR count). The van der Waals surface area contributed by atoms with E-state index in [4.69, 9.17) is 39.6 Å². The summed E-state index contributed by atoms with van der Waals surface area (Å²) in [4.78, 5) is 14.8. The Kier molecular flexibility index (Phi) is 4.36. The van der Waals surface area contributed by atoms with E-state index in [1.54, 1.807) is 72.8 Å². The molecule has 3 aromatic heterocycles. The van der Waals surface area contributed by atoms with Gasteiger partial charge in [0.25, 0.3) is 0 Å². The minimum Gasteiger partial charge on any atom is -0.309 e. The van der Waals surface area contributed by atoms with Crippen molar-refractivity contribution in [3.05, 3.63) is 194 Å². The van der Waals surface area contributed by atoms with Crippen molar-refractivity contribution in [2.24, 2.45) is 0 Å². The average molecular weight is 752 g/mol. The maximum atomic E-state index is 9.18. The van der Waals surface area contributed by atoms with Gasteiger partial charge in [0.15, 0.2) is 17.5 Å². The zero-order chi connectivity index (χ0) is 53.5. The van der Waals surface area contributed by atoms with Gasteiger partial charge in [-0.2, -0.15) is 0 Å². The Morgan fingerprint density at radius 2 is 1.07 bits per heavy atom. The second-order valence-electron chi connectivity index (χ2n) is 12.6. The molecular formula is C51H32N4S. The van der Waals surface area contributed by atoms with Gasteiger partial charge in [0.05, 0.1) is 42.8 Å². The SMILES string of the molecule is [2H]c1cc([2H])c2c(c1[2H])c1c([2H])c([2H])c([2H])c([2H])c1n2-c1ccccc1-c1nc(-c2ccc(-c3c([2H])c([2H])c([2H])c([2H])c3[2H])cc2)nc(-c2cccc(-c3c([2H])c([2H])c([2H])c4c3sc3c([2H])c([2H])c([2H])c([2H])c34)c2)n1. The third-order valence-electron chi connectivity index (χ3n) is 9.38. The van der Waals surface area contributed by atoms with E-state index in [2.05, 4.69) is 0 Å². The highest BCUT2D eigenvalue weighted by Gasteiger charge is 2.20. The van der Waals surface area contributed by atoms with Gasteiger partial charge in [0, 0.05) is 47.6 Å². The largest absolute Gasteiger partial charge is 0.309 e. The standard InChI is InChI=1S/C51H32N4S/c1-2-14-33(15-3-1)34-28-30-35(31-29-34)49-52-50(37-17-12-16-36(32-37)38-22-13-23-42-41-20-7-11-27-47(41)56-48(38)42)54-51(53-49)43-21-6-10-26-46(43)55-44-24-8-4-18-39(44)40-19-5-9-25-45(40)55/h1-32H/i1D,2D,3D,4D,5D,7D,8D,11D,13D,14D,15D,18D,19D,20D,22D,23D,24D,25D,27D. The van der Waals surface area contributed by atoms with Crippen LogP contribution in [0.3, 0.4) is 0 Å². The number of hydrogen-bond donors (Lipinski definition) is 0. The van der Waals surface area contributed by atoms with Gasteiger partial charge in [-0.3, -0.25) is 0 Å². The summed E-state index contributed by atoms with van der Waals surface area (Å²) in [6, 6.07) is 12.5. The molecule has 0 fully saturated rings. The first kappa shape index (κ1) is 18.4. The van der Waals surface area contributed by atoms with Crippen molar-refractivity contribution >= 4 is 53.3 Å². The summed E-state index contributed by atoms with van der Waals surface area (Å²) in [5.74, 6) is 0.101. The predicted molar refractivity (Wildman–Crippen MR) is 234 cm³/mol. The fourth-order valence-corrected chi connectivity index (χ4v) is 7.93. The predicted octanol–water partition coefficient (Wildman–Crippen LogP) is 13.7. The average Bonchev–Trinajstić information content (AvgIpc) is 4.06. The van der Waals surface area contributed by atoms with Crippen molar-refractivity contribution in [2.75, 3.05) is 0 Å². The van der Waals surface area contributed by atoms with Gasteiger partial charge in [-0.25, -0.2) is 15.0 Å². The first-order valence-electron chi connectivity index (χ1n) is 26.7. The van der Waals surface area contributed by atoms with Crippen LogP contribution in [0.5, 0.6) is 0 Å². The van der Waals surface area contributed by atoms with Gasteiger partial charge in [-0.1, -0.05) is 157 Å². The molecule has 0 spiro atoms. The monoisotopic (exact) mass is 751 g/mol. The second kappa shape index (κ2) is 13.3. The first-order chi connectivity index (χ1) is 35.6. The second-order valence-corrected chi connectivity index (χ2v) is 13.6. The Labute approximate surface area is 354 Å². The van der Waals surface area contributed by atoms with Crippen LogP contribution in [0.2, 0.25) is 0 Å². The molecule has 0 aliphatic carbocycles. The highest BCUT2D eigenvalue weighted by molar-refractivity contribution is 7.26. The molecule has 0 unspecified atom stereocenters. The molecule has 0 N–H and O–H groups in total. The number of thiophene rings is 1. The van der Waals surface area contributed by atoms with E-state index in [9.17, 15) is 1.37 Å². The van der Waals surface area contributed by atoms with Crippen molar-refractivity contribution in [2.45, 2.75) is 0 Å². The van der Waals surface area contributed by atoms with Gasteiger partial charge in [-0.05, 0) is 58.6 Å². The van der Waals surface area contributed by atoms with Crippen molar-refractivity contribution in [1.82, 2.24) is 19.5 Å². The van der Waals surface area contributed by atoms with Gasteiger partial charge >= 0.3 is 0 Å². The van der Waals surface area contributed by atoms with E-state index < -0.39 is 72.5 Å². The molecule has 0 saturated heterocycles. The zero-order valence-corrected chi connectivity index (χ0v) is 29.5. The molecule has 0 bridgehead atoms. The molecule has 0 aliphatic rings. The van der Waals surface area contributed by atoms with Gasteiger partial charge in [0.2, 0.25) is 0 Å². The summed E-state index contributed by atoms with van der Waals surface area (Å²) in [7, 11) is 0. The Hall–Kier alpha value is -7.21. The van der Waals surface area contributed by atoms with Gasteiger partial charge in [-0.15, -0.1) is 11.3 Å². The lowest BCUT2D eigenvalue weighted by Gasteiger charge is -2.15. The summed E-state index contributed by atoms with van der Waals surface area (Å²) < 4.78 is 167. The van der Waals surface area contributed by atoms with Crippen molar-refractivity contribution in [1.29, 1.82) is 0 Å². The lowest BCUT2D eigenvalue weighted by atomic mass is 10.0. The fraction of sp³-hybridized carbons (Fsp3) is 0. The normalized spacial score (nSPS) is 16.3. The number of fused-ring (bicyclic) bond motifs is 6. The minimum atomic E-state index is -0.573. The van der Waals surface area contributed by atoms with Crippen molar-refractivity contribution < 1.29 is 26.0 Å². The number of nitrogens with zero attached hydrogens (tertiary/aromatic N) is 4. The molecule has 8 aromatic carbocycles. The Morgan fingerprint density at radius 3 is 1.95 bits per heavy atom. The maximum Gasteiger partial charge on any atom is 0.166 e. The molecule has 56 heavy (non-hydrogen) atoms. The van der Waals surface area contributed by atoms with E-state index in [0.29, 0.717) is 22.3 Å². The Morgan fingerprint density at radius 1 is 0.411 bits per heavy atom. The van der Waals surface area contributed by atoms with Gasteiger partial charge < -0.3 is 4.57 Å². The highest BCUT2D eigenvalue weighted by Crippen LogP contribution is 2.41. The first-order valence-corrected chi connectivity index (χ1v) is 18.0. The van der Waals surface area contributed by atoms with Crippen LogP contribution in [-0.2, 0) is 0 Å². The van der Waals surface area contributed by atoms with Crippen LogP contribution in [0.4, 0.5) is 0 Å². The highest BCUT2D eigenvalue weighted by atomic mass is 32.1. The van der Waals surface area contributed by atoms with Crippen LogP contribution in [0.15, 0.2) is 194 Å². The van der Waals surface area contributed by atoms with Crippen LogP contribution in [0.25, 0.3) is 104 Å². The molecular weight excluding hydrogens is 701 g/mol. The molecule has 5 heteroatoms. The van der Waals surface area contributed by atoms with Crippen LogP contribution in [0.1, 0.15) is 26.0 Å². The van der Waals surface area contributed by atoms with E-state index in [0.717, 1.165) is 17.4 Å². The summed E-state index contributed by atoms with van der Waals surface area (Å²) in [6.07, 6.45) is 0. The number of aromatic nitrogens is 4. The molecule has 0 radical (unpaired) electrons. The van der Waals surface area contributed by atoms with Crippen LogP contribution >= 0.6 is 11.3 Å². The third kappa shape index (κ3) is 5.40. The molecule has 3 heterocycles. The van der Waals surface area contributed by atoms with Crippen LogP contribution in [-0.4, -0.2) is 19.5 Å². The third-order valence-corrected chi connectivity index (χ3v) is 10.5. The summed E-state index contributed by atoms with van der Waals surface area (Å²) >= 11 is 0.982. The number of para-hydroxylation sites is 3.